The lowest BCUT2D eigenvalue weighted by molar-refractivity contribution is 0.0997. The second-order valence-corrected chi connectivity index (χ2v) is 5.23. The van der Waals surface area contributed by atoms with Gasteiger partial charge in [-0.25, -0.2) is 9.97 Å². The Balaban J connectivity index is 1.67. The van der Waals surface area contributed by atoms with E-state index in [2.05, 4.69) is 20.4 Å². The third-order valence-corrected chi connectivity index (χ3v) is 3.42. The Morgan fingerprint density at radius 3 is 2.52 bits per heavy atom. The van der Waals surface area contributed by atoms with Crippen molar-refractivity contribution < 1.29 is 9.59 Å². The summed E-state index contributed by atoms with van der Waals surface area (Å²) in [7, 11) is 0. The van der Waals surface area contributed by atoms with Crippen molar-refractivity contribution in [1.82, 2.24) is 19.7 Å². The smallest absolute Gasteiger partial charge is 0.278 e. The fourth-order valence-electron chi connectivity index (χ4n) is 2.19. The van der Waals surface area contributed by atoms with E-state index in [1.807, 2.05) is 0 Å². The number of benzene rings is 1. The van der Waals surface area contributed by atoms with E-state index in [0.717, 1.165) is 5.56 Å². The average molecular weight is 337 g/mol. The molecule has 0 aliphatic rings. The Labute approximate surface area is 142 Å². The summed E-state index contributed by atoms with van der Waals surface area (Å²) in [5.74, 6) is -0.878. The van der Waals surface area contributed by atoms with Crippen molar-refractivity contribution in [3.63, 3.8) is 0 Å². The van der Waals surface area contributed by atoms with Gasteiger partial charge in [0.25, 0.3) is 5.91 Å². The first-order valence-electron chi connectivity index (χ1n) is 7.32. The molecule has 9 nitrogen and oxygen atoms in total. The molecule has 126 valence electrons. The standard InChI is InChI=1S/C16H15N7O2/c17-14-13(19-5-6-20-14)16(25)22-12-7-21-23(9-12)8-10-1-3-11(4-2-10)15(18)24/h1-7,9H,8H2,(H2,17,20)(H2,18,24)(H,22,25). The van der Waals surface area contributed by atoms with Crippen LogP contribution in [0.4, 0.5) is 11.5 Å². The van der Waals surface area contributed by atoms with Gasteiger partial charge < -0.3 is 16.8 Å². The van der Waals surface area contributed by atoms with Gasteiger partial charge in [0, 0.05) is 24.2 Å². The summed E-state index contributed by atoms with van der Waals surface area (Å²) in [5.41, 5.74) is 12.8. The van der Waals surface area contributed by atoms with E-state index in [-0.39, 0.29) is 11.5 Å². The number of nitrogens with zero attached hydrogens (tertiary/aromatic N) is 4. The molecule has 2 heterocycles. The lowest BCUT2D eigenvalue weighted by Gasteiger charge is -2.04. The van der Waals surface area contributed by atoms with Gasteiger partial charge in [-0.2, -0.15) is 5.10 Å². The van der Waals surface area contributed by atoms with Crippen LogP contribution < -0.4 is 16.8 Å². The van der Waals surface area contributed by atoms with E-state index >= 15 is 0 Å². The van der Waals surface area contributed by atoms with E-state index in [4.69, 9.17) is 11.5 Å². The summed E-state index contributed by atoms with van der Waals surface area (Å²) >= 11 is 0. The van der Waals surface area contributed by atoms with Gasteiger partial charge in [0.2, 0.25) is 5.91 Å². The second-order valence-electron chi connectivity index (χ2n) is 5.23. The molecule has 5 N–H and O–H groups in total. The first kappa shape index (κ1) is 16.1. The molecule has 0 atom stereocenters. The summed E-state index contributed by atoms with van der Waals surface area (Å²) in [6, 6.07) is 6.89. The highest BCUT2D eigenvalue weighted by Gasteiger charge is 2.13. The van der Waals surface area contributed by atoms with Crippen LogP contribution in [-0.4, -0.2) is 31.6 Å². The van der Waals surface area contributed by atoms with E-state index in [0.29, 0.717) is 17.8 Å². The Morgan fingerprint density at radius 2 is 1.84 bits per heavy atom. The molecule has 0 saturated carbocycles. The van der Waals surface area contributed by atoms with Crippen LogP contribution in [0.1, 0.15) is 26.4 Å². The van der Waals surface area contributed by atoms with Crippen molar-refractivity contribution in [2.24, 2.45) is 5.73 Å². The summed E-state index contributed by atoms with van der Waals surface area (Å²) < 4.78 is 1.65. The first-order chi connectivity index (χ1) is 12.0. The molecule has 0 saturated heterocycles. The third-order valence-electron chi connectivity index (χ3n) is 3.42. The van der Waals surface area contributed by atoms with Crippen molar-refractivity contribution in [2.45, 2.75) is 6.54 Å². The minimum Gasteiger partial charge on any atom is -0.382 e. The van der Waals surface area contributed by atoms with Gasteiger partial charge in [0.05, 0.1) is 18.4 Å². The molecule has 0 aliphatic heterocycles. The number of hydrogen-bond donors (Lipinski definition) is 3. The number of rotatable bonds is 5. The van der Waals surface area contributed by atoms with Gasteiger partial charge in [0.1, 0.15) is 0 Å². The lowest BCUT2D eigenvalue weighted by Crippen LogP contribution is -2.16. The Bertz CT molecular complexity index is 918. The maximum Gasteiger partial charge on any atom is 0.278 e. The molecular formula is C16H15N7O2. The normalized spacial score (nSPS) is 10.4. The van der Waals surface area contributed by atoms with E-state index < -0.39 is 11.8 Å². The summed E-state index contributed by atoms with van der Waals surface area (Å²) in [5, 5.41) is 6.84. The molecule has 0 spiro atoms. The zero-order valence-electron chi connectivity index (χ0n) is 13.1. The summed E-state index contributed by atoms with van der Waals surface area (Å²) in [4.78, 5) is 30.9. The maximum absolute atomic E-state index is 12.1. The quantitative estimate of drug-likeness (QED) is 0.624. The van der Waals surface area contributed by atoms with Crippen LogP contribution in [0.3, 0.4) is 0 Å². The number of carbonyl (C=O) groups excluding carboxylic acids is 2. The highest BCUT2D eigenvalue weighted by atomic mass is 16.2. The van der Waals surface area contributed by atoms with E-state index in [9.17, 15) is 9.59 Å². The zero-order chi connectivity index (χ0) is 17.8. The number of anilines is 2. The van der Waals surface area contributed by atoms with Crippen molar-refractivity contribution in [1.29, 1.82) is 0 Å². The number of primary amides is 1. The SMILES string of the molecule is NC(=O)c1ccc(Cn2cc(NC(=O)c3nccnc3N)cn2)cc1. The molecule has 1 aromatic carbocycles. The molecule has 3 rings (SSSR count). The maximum atomic E-state index is 12.1. The van der Waals surface area contributed by atoms with Gasteiger partial charge in [-0.1, -0.05) is 12.1 Å². The average Bonchev–Trinajstić information content (AvgIpc) is 3.02. The van der Waals surface area contributed by atoms with Crippen molar-refractivity contribution in [2.75, 3.05) is 11.1 Å². The third kappa shape index (κ3) is 3.78. The zero-order valence-corrected chi connectivity index (χ0v) is 13.1. The minimum absolute atomic E-state index is 0.0530. The van der Waals surface area contributed by atoms with Crippen LogP contribution in [0.25, 0.3) is 0 Å². The number of hydrogen-bond acceptors (Lipinski definition) is 6. The fraction of sp³-hybridized carbons (Fsp3) is 0.0625. The number of nitrogens with one attached hydrogen (secondary N) is 1. The topological polar surface area (TPSA) is 142 Å². The Kier molecular flexibility index (Phi) is 4.38. The molecule has 0 bridgehead atoms. The van der Waals surface area contributed by atoms with Crippen LogP contribution in [-0.2, 0) is 6.54 Å². The molecule has 0 aliphatic carbocycles. The molecule has 0 unspecified atom stereocenters. The molecule has 2 amide bonds. The molecule has 25 heavy (non-hydrogen) atoms. The first-order valence-corrected chi connectivity index (χ1v) is 7.32. The van der Waals surface area contributed by atoms with E-state index in [1.54, 1.807) is 35.1 Å². The van der Waals surface area contributed by atoms with Crippen LogP contribution in [0.15, 0.2) is 49.1 Å². The van der Waals surface area contributed by atoms with Crippen LogP contribution >= 0.6 is 0 Å². The largest absolute Gasteiger partial charge is 0.382 e. The highest BCUT2D eigenvalue weighted by Crippen LogP contribution is 2.12. The molecular weight excluding hydrogens is 322 g/mol. The van der Waals surface area contributed by atoms with E-state index in [1.165, 1.54) is 18.6 Å². The van der Waals surface area contributed by atoms with Gasteiger partial charge in [0.15, 0.2) is 11.5 Å². The fourth-order valence-corrected chi connectivity index (χ4v) is 2.19. The van der Waals surface area contributed by atoms with Gasteiger partial charge in [-0.15, -0.1) is 0 Å². The van der Waals surface area contributed by atoms with Gasteiger partial charge in [-0.3, -0.25) is 14.3 Å². The van der Waals surface area contributed by atoms with Crippen molar-refractivity contribution in [3.05, 3.63) is 65.9 Å². The van der Waals surface area contributed by atoms with Gasteiger partial charge >= 0.3 is 0 Å². The summed E-state index contributed by atoms with van der Waals surface area (Å²) in [6.45, 7) is 0.474. The molecule has 0 fully saturated rings. The number of aromatic nitrogens is 4. The Morgan fingerprint density at radius 1 is 1.12 bits per heavy atom. The number of amides is 2. The predicted molar refractivity (Wildman–Crippen MR) is 90.7 cm³/mol. The van der Waals surface area contributed by atoms with Crippen molar-refractivity contribution >= 4 is 23.3 Å². The molecule has 9 heteroatoms. The Hall–Kier alpha value is -3.75. The second kappa shape index (κ2) is 6.79. The number of nitrogen functional groups attached to an aromatic ring is 1. The van der Waals surface area contributed by atoms with Crippen LogP contribution in [0.5, 0.6) is 0 Å². The van der Waals surface area contributed by atoms with Gasteiger partial charge in [-0.05, 0) is 17.7 Å². The minimum atomic E-state index is -0.473. The molecule has 2 aromatic heterocycles. The number of nitrogens with two attached hydrogens (primary N) is 2. The molecule has 0 radical (unpaired) electrons. The molecule has 3 aromatic rings. The van der Waals surface area contributed by atoms with Crippen molar-refractivity contribution in [3.8, 4) is 0 Å². The van der Waals surface area contributed by atoms with Crippen LogP contribution in [0.2, 0.25) is 0 Å². The summed E-state index contributed by atoms with van der Waals surface area (Å²) in [6.07, 6.45) is 5.99. The monoisotopic (exact) mass is 337 g/mol. The van der Waals surface area contributed by atoms with Crippen LogP contribution in [0, 0.1) is 0 Å². The number of carbonyl (C=O) groups is 2. The predicted octanol–water partition coefficient (Wildman–Crippen LogP) is 0.655. The highest BCUT2D eigenvalue weighted by molar-refractivity contribution is 6.05. The lowest BCUT2D eigenvalue weighted by atomic mass is 10.1.